The molecular formula is C18H20BrFN2O. The van der Waals surface area contributed by atoms with Gasteiger partial charge in [0, 0.05) is 16.5 Å². The normalized spacial score (nSPS) is 12.0. The summed E-state index contributed by atoms with van der Waals surface area (Å²) in [5, 5.41) is 5.96. The number of halogens is 2. The van der Waals surface area contributed by atoms with E-state index in [1.165, 1.54) is 6.07 Å². The van der Waals surface area contributed by atoms with Crippen molar-refractivity contribution in [2.24, 2.45) is 0 Å². The number of amides is 1. The van der Waals surface area contributed by atoms with E-state index in [1.54, 1.807) is 12.1 Å². The minimum absolute atomic E-state index is 0.0866. The maximum Gasteiger partial charge on any atom is 0.220 e. The summed E-state index contributed by atoms with van der Waals surface area (Å²) in [7, 11) is 1.85. The van der Waals surface area contributed by atoms with Gasteiger partial charge in [0.15, 0.2) is 0 Å². The van der Waals surface area contributed by atoms with Crippen molar-refractivity contribution in [3.8, 4) is 0 Å². The van der Waals surface area contributed by atoms with Crippen molar-refractivity contribution in [1.82, 2.24) is 10.6 Å². The molecule has 0 heterocycles. The largest absolute Gasteiger partial charge is 0.345 e. The summed E-state index contributed by atoms with van der Waals surface area (Å²) in [6.07, 6.45) is 1.15. The Labute approximate surface area is 144 Å². The first-order chi connectivity index (χ1) is 11.1. The predicted octanol–water partition coefficient (Wildman–Crippen LogP) is 3.79. The second kappa shape index (κ2) is 8.79. The molecule has 0 saturated heterocycles. The standard InChI is InChI=1S/C18H20BrFN2O/c1-21-11-5-8-17(23)22-18(13-6-3-2-4-7-13)15-10-9-14(19)12-16(15)20/h2-4,6-7,9-10,12,18,21H,5,8,11H2,1H3,(H,22,23). The number of carbonyl (C=O) groups excluding carboxylic acids is 1. The third-order valence-corrected chi connectivity index (χ3v) is 4.04. The molecule has 2 rings (SSSR count). The van der Waals surface area contributed by atoms with Crippen molar-refractivity contribution in [2.75, 3.05) is 13.6 Å². The van der Waals surface area contributed by atoms with Crippen molar-refractivity contribution in [3.05, 3.63) is 69.9 Å². The Kier molecular flexibility index (Phi) is 6.74. The van der Waals surface area contributed by atoms with Crippen LogP contribution >= 0.6 is 15.9 Å². The molecule has 2 N–H and O–H groups in total. The average molecular weight is 379 g/mol. The van der Waals surface area contributed by atoms with Crippen LogP contribution in [0.5, 0.6) is 0 Å². The molecule has 3 nitrogen and oxygen atoms in total. The fourth-order valence-electron chi connectivity index (χ4n) is 2.38. The number of benzene rings is 2. The highest BCUT2D eigenvalue weighted by Crippen LogP contribution is 2.26. The molecule has 0 aliphatic carbocycles. The van der Waals surface area contributed by atoms with E-state index in [4.69, 9.17) is 0 Å². The molecule has 0 aromatic heterocycles. The fourth-order valence-corrected chi connectivity index (χ4v) is 2.71. The fraction of sp³-hybridized carbons (Fsp3) is 0.278. The molecule has 0 fully saturated rings. The lowest BCUT2D eigenvalue weighted by Gasteiger charge is -2.20. The molecule has 1 atom stereocenters. The highest BCUT2D eigenvalue weighted by molar-refractivity contribution is 9.10. The topological polar surface area (TPSA) is 41.1 Å². The van der Waals surface area contributed by atoms with Crippen LogP contribution in [0.25, 0.3) is 0 Å². The van der Waals surface area contributed by atoms with Gasteiger partial charge in [0.2, 0.25) is 5.91 Å². The second-order valence-electron chi connectivity index (χ2n) is 5.28. The number of carbonyl (C=O) groups is 1. The van der Waals surface area contributed by atoms with E-state index in [0.29, 0.717) is 16.5 Å². The molecule has 122 valence electrons. The number of nitrogens with one attached hydrogen (secondary N) is 2. The third kappa shape index (κ3) is 5.15. The van der Waals surface area contributed by atoms with Crippen molar-refractivity contribution >= 4 is 21.8 Å². The molecule has 0 saturated carbocycles. The predicted molar refractivity (Wildman–Crippen MR) is 93.7 cm³/mol. The monoisotopic (exact) mass is 378 g/mol. The van der Waals surface area contributed by atoms with E-state index in [-0.39, 0.29) is 11.7 Å². The number of hydrogen-bond acceptors (Lipinski definition) is 2. The summed E-state index contributed by atoms with van der Waals surface area (Å²) in [6, 6.07) is 13.8. The highest BCUT2D eigenvalue weighted by Gasteiger charge is 2.20. The molecule has 23 heavy (non-hydrogen) atoms. The Balaban J connectivity index is 2.24. The molecular weight excluding hydrogens is 359 g/mol. The Morgan fingerprint density at radius 2 is 1.96 bits per heavy atom. The Morgan fingerprint density at radius 3 is 2.61 bits per heavy atom. The molecule has 0 radical (unpaired) electrons. The molecule has 1 amide bonds. The van der Waals surface area contributed by atoms with Crippen LogP contribution in [-0.2, 0) is 4.79 Å². The molecule has 0 aliphatic rings. The van der Waals surface area contributed by atoms with E-state index >= 15 is 0 Å². The third-order valence-electron chi connectivity index (χ3n) is 3.54. The van der Waals surface area contributed by atoms with E-state index in [0.717, 1.165) is 18.5 Å². The van der Waals surface area contributed by atoms with Crippen LogP contribution in [0.1, 0.15) is 30.0 Å². The minimum Gasteiger partial charge on any atom is -0.345 e. The van der Waals surface area contributed by atoms with E-state index in [9.17, 15) is 9.18 Å². The van der Waals surface area contributed by atoms with Gasteiger partial charge in [-0.25, -0.2) is 4.39 Å². The smallest absolute Gasteiger partial charge is 0.220 e. The first kappa shape index (κ1) is 17.6. The minimum atomic E-state index is -0.494. The number of rotatable bonds is 7. The zero-order valence-electron chi connectivity index (χ0n) is 13.0. The maximum absolute atomic E-state index is 14.4. The summed E-state index contributed by atoms with van der Waals surface area (Å²) in [4.78, 5) is 12.2. The summed E-state index contributed by atoms with van der Waals surface area (Å²) < 4.78 is 15.0. The highest BCUT2D eigenvalue weighted by atomic mass is 79.9. The van der Waals surface area contributed by atoms with Gasteiger partial charge in [0.05, 0.1) is 6.04 Å². The van der Waals surface area contributed by atoms with Crippen LogP contribution < -0.4 is 10.6 Å². The molecule has 1 unspecified atom stereocenters. The van der Waals surface area contributed by atoms with Crippen molar-refractivity contribution in [2.45, 2.75) is 18.9 Å². The van der Waals surface area contributed by atoms with Crippen LogP contribution in [-0.4, -0.2) is 19.5 Å². The van der Waals surface area contributed by atoms with Gasteiger partial charge >= 0.3 is 0 Å². The first-order valence-electron chi connectivity index (χ1n) is 7.55. The van der Waals surface area contributed by atoms with Gasteiger partial charge in [0.1, 0.15) is 5.82 Å². The zero-order chi connectivity index (χ0) is 16.7. The Morgan fingerprint density at radius 1 is 1.22 bits per heavy atom. The Hall–Kier alpha value is -1.72. The molecule has 2 aromatic rings. The zero-order valence-corrected chi connectivity index (χ0v) is 14.6. The molecule has 5 heteroatoms. The van der Waals surface area contributed by atoms with Gasteiger partial charge in [-0.2, -0.15) is 0 Å². The quantitative estimate of drug-likeness (QED) is 0.719. The summed E-state index contributed by atoms with van der Waals surface area (Å²) in [5.41, 5.74) is 1.32. The van der Waals surface area contributed by atoms with Gasteiger partial charge in [-0.1, -0.05) is 52.3 Å². The van der Waals surface area contributed by atoms with Gasteiger partial charge in [-0.15, -0.1) is 0 Å². The lowest BCUT2D eigenvalue weighted by Crippen LogP contribution is -2.30. The van der Waals surface area contributed by atoms with Crippen LogP contribution in [0.4, 0.5) is 4.39 Å². The lowest BCUT2D eigenvalue weighted by molar-refractivity contribution is -0.121. The van der Waals surface area contributed by atoms with Gasteiger partial charge < -0.3 is 10.6 Å². The lowest BCUT2D eigenvalue weighted by atomic mass is 9.98. The molecule has 0 aliphatic heterocycles. The first-order valence-corrected chi connectivity index (χ1v) is 8.35. The second-order valence-corrected chi connectivity index (χ2v) is 6.20. The van der Waals surface area contributed by atoms with Crippen LogP contribution in [0, 0.1) is 5.82 Å². The van der Waals surface area contributed by atoms with Crippen LogP contribution in [0.3, 0.4) is 0 Å². The average Bonchev–Trinajstić information content (AvgIpc) is 2.54. The van der Waals surface area contributed by atoms with Crippen molar-refractivity contribution < 1.29 is 9.18 Å². The van der Waals surface area contributed by atoms with Crippen LogP contribution in [0.15, 0.2) is 53.0 Å². The molecule has 2 aromatic carbocycles. The molecule has 0 bridgehead atoms. The van der Waals surface area contributed by atoms with Crippen molar-refractivity contribution in [3.63, 3.8) is 0 Å². The van der Waals surface area contributed by atoms with Gasteiger partial charge in [-0.3, -0.25) is 4.79 Å². The summed E-state index contributed by atoms with van der Waals surface area (Å²) in [5.74, 6) is -0.430. The van der Waals surface area contributed by atoms with E-state index in [1.807, 2.05) is 37.4 Å². The van der Waals surface area contributed by atoms with Crippen molar-refractivity contribution in [1.29, 1.82) is 0 Å². The molecule has 0 spiro atoms. The van der Waals surface area contributed by atoms with Gasteiger partial charge in [0.25, 0.3) is 0 Å². The summed E-state index contributed by atoms with van der Waals surface area (Å²) >= 11 is 3.26. The Bertz CT molecular complexity index is 649. The summed E-state index contributed by atoms with van der Waals surface area (Å²) in [6.45, 7) is 0.774. The van der Waals surface area contributed by atoms with E-state index in [2.05, 4.69) is 26.6 Å². The van der Waals surface area contributed by atoms with E-state index < -0.39 is 6.04 Å². The van der Waals surface area contributed by atoms with Gasteiger partial charge in [-0.05, 0) is 37.7 Å². The SMILES string of the molecule is CNCCCC(=O)NC(c1ccccc1)c1ccc(Br)cc1F. The van der Waals surface area contributed by atoms with Crippen LogP contribution in [0.2, 0.25) is 0 Å². The number of hydrogen-bond donors (Lipinski definition) is 2. The maximum atomic E-state index is 14.4.